The lowest BCUT2D eigenvalue weighted by Crippen LogP contribution is -2.56. The molecule has 0 radical (unpaired) electrons. The van der Waals surface area contributed by atoms with Gasteiger partial charge < -0.3 is 10.5 Å². The molecule has 17 heavy (non-hydrogen) atoms. The van der Waals surface area contributed by atoms with Gasteiger partial charge in [0.25, 0.3) is 0 Å². The van der Waals surface area contributed by atoms with Gasteiger partial charge in [0, 0.05) is 6.04 Å². The van der Waals surface area contributed by atoms with Crippen LogP contribution in [0, 0.1) is 11.8 Å². The van der Waals surface area contributed by atoms with Gasteiger partial charge in [-0.3, -0.25) is 0 Å². The normalized spacial score (nSPS) is 34.5. The minimum atomic E-state index is 0.421. The van der Waals surface area contributed by atoms with E-state index in [4.69, 9.17) is 10.5 Å². The minimum absolute atomic E-state index is 0.421. The summed E-state index contributed by atoms with van der Waals surface area (Å²) in [5.41, 5.74) is 9.30. The van der Waals surface area contributed by atoms with E-state index in [1.807, 2.05) is 0 Å². The topological polar surface area (TPSA) is 35.2 Å². The number of ether oxygens (including phenoxy) is 1. The van der Waals surface area contributed by atoms with E-state index in [0.29, 0.717) is 23.8 Å². The summed E-state index contributed by atoms with van der Waals surface area (Å²) >= 11 is 0. The third kappa shape index (κ3) is 1.50. The molecule has 1 saturated carbocycles. The van der Waals surface area contributed by atoms with Crippen LogP contribution in [0.2, 0.25) is 0 Å². The van der Waals surface area contributed by atoms with E-state index in [2.05, 4.69) is 25.1 Å². The maximum Gasteiger partial charge on any atom is 0.119 e. The molecule has 0 aliphatic heterocycles. The Morgan fingerprint density at radius 2 is 2.24 bits per heavy atom. The molecule has 0 heterocycles. The highest BCUT2D eigenvalue weighted by Gasteiger charge is 2.49. The van der Waals surface area contributed by atoms with E-state index in [0.717, 1.165) is 5.75 Å². The number of hydrogen-bond acceptors (Lipinski definition) is 2. The maximum atomic E-state index is 6.28. The van der Waals surface area contributed by atoms with Gasteiger partial charge >= 0.3 is 0 Å². The first-order chi connectivity index (χ1) is 8.26. The number of fused-ring (bicyclic) bond motifs is 3. The number of aryl methyl sites for hydroxylation is 1. The van der Waals surface area contributed by atoms with Crippen molar-refractivity contribution in [2.24, 2.45) is 17.6 Å². The average Bonchev–Trinajstić information content (AvgIpc) is 2.37. The van der Waals surface area contributed by atoms with E-state index in [-0.39, 0.29) is 0 Å². The van der Waals surface area contributed by atoms with Crippen molar-refractivity contribution in [2.75, 3.05) is 7.11 Å². The molecular formula is C15H21NO. The lowest BCUT2D eigenvalue weighted by molar-refractivity contribution is 0.0773. The zero-order valence-corrected chi connectivity index (χ0v) is 10.6. The van der Waals surface area contributed by atoms with E-state index >= 15 is 0 Å². The fraction of sp³-hybridized carbons (Fsp3) is 0.600. The summed E-state index contributed by atoms with van der Waals surface area (Å²) in [7, 11) is 1.74. The van der Waals surface area contributed by atoms with Gasteiger partial charge in [0.1, 0.15) is 5.75 Å². The summed E-state index contributed by atoms with van der Waals surface area (Å²) in [4.78, 5) is 0. The molecule has 4 atom stereocenters. The Balaban J connectivity index is 1.99. The largest absolute Gasteiger partial charge is 0.497 e. The van der Waals surface area contributed by atoms with Gasteiger partial charge in [-0.25, -0.2) is 0 Å². The van der Waals surface area contributed by atoms with Crippen molar-refractivity contribution in [3.63, 3.8) is 0 Å². The molecule has 2 N–H and O–H groups in total. The number of methoxy groups -OCH3 is 1. The molecule has 4 unspecified atom stereocenters. The summed E-state index contributed by atoms with van der Waals surface area (Å²) < 4.78 is 5.35. The van der Waals surface area contributed by atoms with Crippen molar-refractivity contribution in [1.82, 2.24) is 0 Å². The van der Waals surface area contributed by atoms with Gasteiger partial charge in [0.15, 0.2) is 0 Å². The summed E-state index contributed by atoms with van der Waals surface area (Å²) in [5.74, 6) is 3.05. The summed E-state index contributed by atoms with van der Waals surface area (Å²) in [5, 5.41) is 0. The lowest BCUT2D eigenvalue weighted by Gasteiger charge is -2.53. The molecular weight excluding hydrogens is 210 g/mol. The van der Waals surface area contributed by atoms with Crippen LogP contribution in [0.15, 0.2) is 18.2 Å². The lowest BCUT2D eigenvalue weighted by atomic mass is 9.53. The van der Waals surface area contributed by atoms with Crippen LogP contribution in [0.25, 0.3) is 0 Å². The predicted octanol–water partition coefficient (Wildman–Crippen LogP) is 2.71. The number of nitrogens with two attached hydrogens (primary N) is 1. The van der Waals surface area contributed by atoms with Crippen molar-refractivity contribution in [3.8, 4) is 5.75 Å². The fourth-order valence-corrected chi connectivity index (χ4v) is 3.89. The van der Waals surface area contributed by atoms with Crippen LogP contribution in [-0.4, -0.2) is 13.2 Å². The Kier molecular flexibility index (Phi) is 2.62. The van der Waals surface area contributed by atoms with Crippen molar-refractivity contribution >= 4 is 0 Å². The van der Waals surface area contributed by atoms with E-state index in [9.17, 15) is 0 Å². The zero-order valence-electron chi connectivity index (χ0n) is 10.6. The molecule has 0 amide bonds. The molecule has 2 heteroatoms. The monoisotopic (exact) mass is 231 g/mol. The second kappa shape index (κ2) is 4.02. The Bertz CT molecular complexity index is 429. The highest BCUT2D eigenvalue weighted by molar-refractivity contribution is 5.42. The second-order valence-electron chi connectivity index (χ2n) is 5.44. The van der Waals surface area contributed by atoms with E-state index < -0.39 is 0 Å². The van der Waals surface area contributed by atoms with Crippen LogP contribution in [0.3, 0.4) is 0 Å². The molecule has 2 aliphatic carbocycles. The van der Waals surface area contributed by atoms with E-state index in [1.165, 1.54) is 30.4 Å². The van der Waals surface area contributed by atoms with Gasteiger partial charge in [0.2, 0.25) is 0 Å². The van der Waals surface area contributed by atoms with Crippen LogP contribution in [-0.2, 0) is 6.42 Å². The number of benzene rings is 1. The predicted molar refractivity (Wildman–Crippen MR) is 69.3 cm³/mol. The summed E-state index contributed by atoms with van der Waals surface area (Å²) in [6.45, 7) is 2.26. The zero-order chi connectivity index (χ0) is 12.0. The molecule has 2 nitrogen and oxygen atoms in total. The minimum Gasteiger partial charge on any atom is -0.497 e. The van der Waals surface area contributed by atoms with Crippen LogP contribution >= 0.6 is 0 Å². The fourth-order valence-electron chi connectivity index (χ4n) is 3.89. The van der Waals surface area contributed by atoms with E-state index in [1.54, 1.807) is 7.11 Å². The van der Waals surface area contributed by atoms with Crippen LogP contribution in [0.1, 0.15) is 36.8 Å². The number of hydrogen-bond donors (Lipinski definition) is 1. The highest BCUT2D eigenvalue weighted by atomic mass is 16.5. The third-order valence-electron chi connectivity index (χ3n) is 4.84. The van der Waals surface area contributed by atoms with Crippen molar-refractivity contribution in [2.45, 2.75) is 38.1 Å². The SMILES string of the molecule is CCC1C(N)C2CCc3ccc(OC)cc3C12. The van der Waals surface area contributed by atoms with Crippen LogP contribution in [0.4, 0.5) is 0 Å². The first-order valence-electron chi connectivity index (χ1n) is 6.68. The van der Waals surface area contributed by atoms with Crippen LogP contribution < -0.4 is 10.5 Å². The quantitative estimate of drug-likeness (QED) is 0.849. The molecule has 3 rings (SSSR count). The standard InChI is InChI=1S/C15H21NO/c1-3-11-14-12(15(11)16)7-5-9-4-6-10(17-2)8-13(9)14/h4,6,8,11-12,14-15H,3,5,7,16H2,1-2H3. The van der Waals surface area contributed by atoms with Gasteiger partial charge in [-0.1, -0.05) is 19.4 Å². The van der Waals surface area contributed by atoms with Gasteiger partial charge in [-0.05, 0) is 53.9 Å². The Morgan fingerprint density at radius 1 is 1.41 bits per heavy atom. The van der Waals surface area contributed by atoms with Gasteiger partial charge in [-0.2, -0.15) is 0 Å². The Morgan fingerprint density at radius 3 is 2.94 bits per heavy atom. The third-order valence-corrected chi connectivity index (χ3v) is 4.84. The summed E-state index contributed by atoms with van der Waals surface area (Å²) in [6.07, 6.45) is 3.64. The smallest absolute Gasteiger partial charge is 0.119 e. The second-order valence-corrected chi connectivity index (χ2v) is 5.44. The molecule has 0 aromatic heterocycles. The molecule has 2 aliphatic rings. The Hall–Kier alpha value is -1.02. The van der Waals surface area contributed by atoms with Crippen molar-refractivity contribution in [1.29, 1.82) is 0 Å². The first-order valence-corrected chi connectivity index (χ1v) is 6.68. The molecule has 0 spiro atoms. The van der Waals surface area contributed by atoms with Crippen molar-refractivity contribution < 1.29 is 4.74 Å². The molecule has 92 valence electrons. The van der Waals surface area contributed by atoms with Crippen LogP contribution in [0.5, 0.6) is 5.75 Å². The Labute approximate surface area is 103 Å². The number of rotatable bonds is 2. The van der Waals surface area contributed by atoms with Gasteiger partial charge in [-0.15, -0.1) is 0 Å². The summed E-state index contributed by atoms with van der Waals surface area (Å²) in [6, 6.07) is 6.98. The molecule has 1 fully saturated rings. The molecule has 0 bridgehead atoms. The molecule has 1 aromatic rings. The highest BCUT2D eigenvalue weighted by Crippen LogP contribution is 2.54. The molecule has 0 saturated heterocycles. The maximum absolute atomic E-state index is 6.28. The van der Waals surface area contributed by atoms with Gasteiger partial charge in [0.05, 0.1) is 7.11 Å². The molecule has 1 aromatic carbocycles. The van der Waals surface area contributed by atoms with Crippen molar-refractivity contribution in [3.05, 3.63) is 29.3 Å². The first kappa shape index (κ1) is 11.1. The average molecular weight is 231 g/mol.